The summed E-state index contributed by atoms with van der Waals surface area (Å²) in [5.74, 6) is 0.416. The van der Waals surface area contributed by atoms with Crippen molar-refractivity contribution in [3.63, 3.8) is 0 Å². The molecule has 3 heterocycles. The number of carbonyl (C=O) groups excluding carboxylic acids is 2. The Hall–Kier alpha value is -2.93. The first-order valence-electron chi connectivity index (χ1n) is 9.89. The number of aromatic nitrogens is 1. The fourth-order valence-corrected chi connectivity index (χ4v) is 5.14. The van der Waals surface area contributed by atoms with Crippen LogP contribution >= 0.6 is 35.0 Å². The van der Waals surface area contributed by atoms with Crippen LogP contribution in [0.1, 0.15) is 26.4 Å². The van der Waals surface area contributed by atoms with E-state index in [2.05, 4.69) is 22.2 Å². The van der Waals surface area contributed by atoms with Crippen molar-refractivity contribution < 1.29 is 9.59 Å². The molecule has 0 saturated heterocycles. The van der Waals surface area contributed by atoms with Crippen molar-refractivity contribution in [1.29, 1.82) is 0 Å². The van der Waals surface area contributed by atoms with Gasteiger partial charge in [-0.25, -0.2) is 0 Å². The zero-order chi connectivity index (χ0) is 22.2. The molecule has 0 fully saturated rings. The number of amides is 2. The van der Waals surface area contributed by atoms with Gasteiger partial charge in [0.2, 0.25) is 0 Å². The standard InChI is InChI=1S/C24H17Cl2N3O2S/c25-16-5-8-19(20(26)12-16)23(30)27-17-6-3-15(4-7-17)24(31)29-13-18-2-1-10-28(18)14-22-21(29)9-11-32-22/h1-10,12,14H,11,13H2,(H,27,30). The molecule has 1 N–H and O–H groups in total. The van der Waals surface area contributed by atoms with Crippen LogP contribution in [-0.2, 0) is 6.54 Å². The van der Waals surface area contributed by atoms with Crippen LogP contribution in [0.25, 0.3) is 6.20 Å². The van der Waals surface area contributed by atoms with Crippen LogP contribution in [0.3, 0.4) is 0 Å². The lowest BCUT2D eigenvalue weighted by molar-refractivity contribution is 0.0800. The molecule has 2 aliphatic heterocycles. The van der Waals surface area contributed by atoms with Gasteiger partial charge >= 0.3 is 0 Å². The largest absolute Gasteiger partial charge is 0.325 e. The second kappa shape index (κ2) is 8.54. The number of anilines is 1. The molecule has 0 aliphatic carbocycles. The molecule has 0 bridgehead atoms. The molecule has 0 unspecified atom stereocenters. The van der Waals surface area contributed by atoms with E-state index in [-0.39, 0.29) is 16.8 Å². The maximum absolute atomic E-state index is 13.4. The molecule has 5 rings (SSSR count). The molecule has 5 nitrogen and oxygen atoms in total. The van der Waals surface area contributed by atoms with Crippen molar-refractivity contribution in [2.75, 3.05) is 11.1 Å². The third kappa shape index (κ3) is 3.97. The van der Waals surface area contributed by atoms with Gasteiger partial charge in [-0.2, -0.15) is 0 Å². The Morgan fingerprint density at radius 1 is 1.03 bits per heavy atom. The molecule has 3 aromatic rings. The van der Waals surface area contributed by atoms with E-state index >= 15 is 0 Å². The first-order chi connectivity index (χ1) is 15.5. The van der Waals surface area contributed by atoms with Crippen molar-refractivity contribution in [1.82, 2.24) is 9.47 Å². The van der Waals surface area contributed by atoms with E-state index in [4.69, 9.17) is 23.2 Å². The lowest BCUT2D eigenvalue weighted by Crippen LogP contribution is -2.29. The summed E-state index contributed by atoms with van der Waals surface area (Å²) in [6.07, 6.45) is 6.16. The monoisotopic (exact) mass is 481 g/mol. The Morgan fingerprint density at radius 3 is 2.62 bits per heavy atom. The Labute approximate surface area is 199 Å². The van der Waals surface area contributed by atoms with E-state index < -0.39 is 0 Å². The van der Waals surface area contributed by atoms with Crippen LogP contribution in [0.15, 0.2) is 77.5 Å². The number of thioether (sulfide) groups is 1. The van der Waals surface area contributed by atoms with Gasteiger partial charge in [-0.1, -0.05) is 23.2 Å². The minimum Gasteiger partial charge on any atom is -0.325 e. The van der Waals surface area contributed by atoms with E-state index in [1.807, 2.05) is 23.2 Å². The van der Waals surface area contributed by atoms with E-state index in [1.54, 1.807) is 48.2 Å². The van der Waals surface area contributed by atoms with E-state index in [0.717, 1.165) is 22.0 Å². The Balaban J connectivity index is 1.35. The number of nitrogens with zero attached hydrogens (tertiary/aromatic N) is 2. The fourth-order valence-electron chi connectivity index (χ4n) is 3.70. The second-order valence-corrected chi connectivity index (χ2v) is 9.25. The number of benzene rings is 2. The lowest BCUT2D eigenvalue weighted by Gasteiger charge is -2.23. The summed E-state index contributed by atoms with van der Waals surface area (Å²) < 4.78 is 2.06. The summed E-state index contributed by atoms with van der Waals surface area (Å²) in [4.78, 5) is 28.8. The Morgan fingerprint density at radius 2 is 1.84 bits per heavy atom. The van der Waals surface area contributed by atoms with Gasteiger partial charge in [0.25, 0.3) is 11.8 Å². The first kappa shape index (κ1) is 20.9. The van der Waals surface area contributed by atoms with E-state index in [1.165, 1.54) is 6.07 Å². The molecule has 32 heavy (non-hydrogen) atoms. The summed E-state index contributed by atoms with van der Waals surface area (Å²) in [6, 6.07) is 15.6. The molecular formula is C24H17Cl2N3O2S. The summed E-state index contributed by atoms with van der Waals surface area (Å²) in [5.41, 5.74) is 3.43. The minimum atomic E-state index is -0.345. The third-order valence-electron chi connectivity index (χ3n) is 5.31. The average molecular weight is 482 g/mol. The molecule has 2 aromatic carbocycles. The number of hydrogen-bond donors (Lipinski definition) is 1. The van der Waals surface area contributed by atoms with Gasteiger partial charge in [0.15, 0.2) is 0 Å². The maximum Gasteiger partial charge on any atom is 0.258 e. The van der Waals surface area contributed by atoms with Gasteiger partial charge in [0.1, 0.15) is 0 Å². The molecule has 0 spiro atoms. The molecule has 0 radical (unpaired) electrons. The van der Waals surface area contributed by atoms with Crippen LogP contribution in [0.4, 0.5) is 5.69 Å². The molecule has 2 amide bonds. The van der Waals surface area contributed by atoms with Crippen LogP contribution < -0.4 is 5.32 Å². The van der Waals surface area contributed by atoms with Crippen molar-refractivity contribution in [2.45, 2.75) is 6.54 Å². The summed E-state index contributed by atoms with van der Waals surface area (Å²) in [5, 5.41) is 3.54. The van der Waals surface area contributed by atoms with Crippen LogP contribution in [0.5, 0.6) is 0 Å². The quantitative estimate of drug-likeness (QED) is 0.489. The maximum atomic E-state index is 13.4. The molecule has 0 saturated carbocycles. The summed E-state index contributed by atoms with van der Waals surface area (Å²) in [6.45, 7) is 0.492. The normalized spacial score (nSPS) is 14.8. The number of carbonyl (C=O) groups is 2. The highest BCUT2D eigenvalue weighted by Gasteiger charge is 2.28. The van der Waals surface area contributed by atoms with Crippen LogP contribution in [0.2, 0.25) is 10.0 Å². The number of nitrogens with one attached hydrogen (secondary N) is 1. The Bertz CT molecular complexity index is 1290. The number of halogens is 2. The summed E-state index contributed by atoms with van der Waals surface area (Å²) >= 11 is 13.7. The van der Waals surface area contributed by atoms with Crippen molar-refractivity contribution in [2.24, 2.45) is 0 Å². The van der Waals surface area contributed by atoms with Crippen molar-refractivity contribution in [3.05, 3.63) is 104 Å². The van der Waals surface area contributed by atoms with Crippen LogP contribution in [-0.4, -0.2) is 27.0 Å². The van der Waals surface area contributed by atoms with Gasteiger partial charge in [0.05, 0.1) is 22.8 Å². The number of rotatable bonds is 3. The van der Waals surface area contributed by atoms with E-state index in [9.17, 15) is 9.59 Å². The predicted octanol–water partition coefficient (Wildman–Crippen LogP) is 6.13. The predicted molar refractivity (Wildman–Crippen MR) is 130 cm³/mol. The van der Waals surface area contributed by atoms with Gasteiger partial charge in [-0.05, 0) is 60.7 Å². The van der Waals surface area contributed by atoms with Gasteiger partial charge < -0.3 is 14.8 Å². The zero-order valence-corrected chi connectivity index (χ0v) is 19.0. The van der Waals surface area contributed by atoms with Crippen molar-refractivity contribution in [3.8, 4) is 0 Å². The molecule has 8 heteroatoms. The Kier molecular flexibility index (Phi) is 5.59. The van der Waals surface area contributed by atoms with Crippen molar-refractivity contribution >= 4 is 58.7 Å². The number of hydrogen-bond acceptors (Lipinski definition) is 3. The molecular weight excluding hydrogens is 465 g/mol. The van der Waals surface area contributed by atoms with Gasteiger partial charge in [0, 0.05) is 45.0 Å². The highest BCUT2D eigenvalue weighted by atomic mass is 35.5. The smallest absolute Gasteiger partial charge is 0.258 e. The SMILES string of the molecule is O=C(Nc1ccc(C(=O)N2Cc3cccn3C=C3SCC=C32)cc1)c1ccc(Cl)cc1Cl. The molecule has 2 aliphatic rings. The van der Waals surface area contributed by atoms with Gasteiger partial charge in [-0.15, -0.1) is 11.8 Å². The third-order valence-corrected chi connectivity index (χ3v) is 6.82. The molecule has 1 aromatic heterocycles. The average Bonchev–Trinajstić information content (AvgIpc) is 3.39. The highest BCUT2D eigenvalue weighted by molar-refractivity contribution is 8.03. The highest BCUT2D eigenvalue weighted by Crippen LogP contribution is 2.38. The minimum absolute atomic E-state index is 0.0853. The molecule has 0 atom stereocenters. The van der Waals surface area contributed by atoms with E-state index in [0.29, 0.717) is 28.4 Å². The summed E-state index contributed by atoms with van der Waals surface area (Å²) in [7, 11) is 0. The first-order valence-corrected chi connectivity index (χ1v) is 11.6. The molecule has 160 valence electrons. The lowest BCUT2D eigenvalue weighted by atomic mass is 10.1. The zero-order valence-electron chi connectivity index (χ0n) is 16.7. The van der Waals surface area contributed by atoms with Gasteiger partial charge in [-0.3, -0.25) is 9.59 Å². The second-order valence-electron chi connectivity index (χ2n) is 7.35. The topological polar surface area (TPSA) is 54.3 Å². The fraction of sp³-hybridized carbons (Fsp3) is 0.0833. The number of fused-ring (bicyclic) bond motifs is 2. The van der Waals surface area contributed by atoms with Crippen LogP contribution in [0, 0.1) is 0 Å².